The number of carbonyl (C=O) groups is 2. The molecule has 0 aromatic carbocycles. The van der Waals surface area contributed by atoms with Gasteiger partial charge in [-0.1, -0.05) is 0 Å². The standard InChI is InChI=1S/C15H15BrN2O3S/c16-13-7-11(9-22-13)14(19)17-12-1-4-18(5-2-12)15(20)10-3-6-21-8-10/h3,6-9,12H,1-2,4-5H2,(H,17,19). The van der Waals surface area contributed by atoms with Crippen LogP contribution in [0.4, 0.5) is 0 Å². The first-order chi connectivity index (χ1) is 10.6. The Bertz CT molecular complexity index is 660. The Kier molecular flexibility index (Phi) is 4.63. The van der Waals surface area contributed by atoms with Crippen molar-refractivity contribution in [2.45, 2.75) is 18.9 Å². The van der Waals surface area contributed by atoms with Gasteiger partial charge >= 0.3 is 0 Å². The predicted octanol–water partition coefficient (Wildman–Crippen LogP) is 3.14. The van der Waals surface area contributed by atoms with Gasteiger partial charge in [0.1, 0.15) is 6.26 Å². The fourth-order valence-electron chi connectivity index (χ4n) is 2.49. The van der Waals surface area contributed by atoms with Crippen LogP contribution in [0.3, 0.4) is 0 Å². The van der Waals surface area contributed by atoms with Crippen molar-refractivity contribution in [1.82, 2.24) is 10.2 Å². The minimum Gasteiger partial charge on any atom is -0.472 e. The summed E-state index contributed by atoms with van der Waals surface area (Å²) in [6.45, 7) is 1.28. The smallest absolute Gasteiger partial charge is 0.257 e. The molecule has 0 spiro atoms. The summed E-state index contributed by atoms with van der Waals surface area (Å²) in [6, 6.07) is 3.60. The SMILES string of the molecule is O=C(NC1CCN(C(=O)c2ccoc2)CC1)c1csc(Br)c1. The Labute approximate surface area is 140 Å². The van der Waals surface area contributed by atoms with E-state index < -0.39 is 0 Å². The fraction of sp³-hybridized carbons (Fsp3) is 0.333. The third kappa shape index (κ3) is 3.41. The highest BCUT2D eigenvalue weighted by molar-refractivity contribution is 9.11. The van der Waals surface area contributed by atoms with Gasteiger partial charge in [0.25, 0.3) is 11.8 Å². The van der Waals surface area contributed by atoms with Gasteiger partial charge in [-0.15, -0.1) is 11.3 Å². The van der Waals surface area contributed by atoms with Gasteiger partial charge < -0.3 is 14.6 Å². The molecule has 2 aromatic rings. The van der Waals surface area contributed by atoms with Crippen LogP contribution >= 0.6 is 27.3 Å². The van der Waals surface area contributed by atoms with E-state index in [0.29, 0.717) is 24.2 Å². The molecule has 5 nitrogen and oxygen atoms in total. The van der Waals surface area contributed by atoms with E-state index >= 15 is 0 Å². The van der Waals surface area contributed by atoms with Gasteiger partial charge in [-0.3, -0.25) is 9.59 Å². The lowest BCUT2D eigenvalue weighted by atomic mass is 10.0. The van der Waals surface area contributed by atoms with Gasteiger partial charge in [0.15, 0.2) is 0 Å². The maximum atomic E-state index is 12.2. The summed E-state index contributed by atoms with van der Waals surface area (Å²) in [4.78, 5) is 26.1. The minimum atomic E-state index is -0.0541. The van der Waals surface area contributed by atoms with Crippen molar-refractivity contribution in [3.8, 4) is 0 Å². The molecule has 1 aliphatic heterocycles. The van der Waals surface area contributed by atoms with Crippen molar-refractivity contribution in [1.29, 1.82) is 0 Å². The number of thiophene rings is 1. The van der Waals surface area contributed by atoms with E-state index in [1.807, 2.05) is 11.4 Å². The van der Waals surface area contributed by atoms with E-state index in [0.717, 1.165) is 16.6 Å². The lowest BCUT2D eigenvalue weighted by Gasteiger charge is -2.32. The monoisotopic (exact) mass is 382 g/mol. The van der Waals surface area contributed by atoms with E-state index in [1.54, 1.807) is 11.0 Å². The van der Waals surface area contributed by atoms with Crippen molar-refractivity contribution < 1.29 is 14.0 Å². The number of likely N-dealkylation sites (tertiary alicyclic amines) is 1. The molecule has 7 heteroatoms. The third-order valence-electron chi connectivity index (χ3n) is 3.72. The van der Waals surface area contributed by atoms with E-state index in [-0.39, 0.29) is 17.9 Å². The van der Waals surface area contributed by atoms with Crippen molar-refractivity contribution in [2.75, 3.05) is 13.1 Å². The zero-order valence-electron chi connectivity index (χ0n) is 11.8. The summed E-state index contributed by atoms with van der Waals surface area (Å²) in [5, 5.41) is 4.86. The Hall–Kier alpha value is -1.60. The summed E-state index contributed by atoms with van der Waals surface area (Å²) in [5.74, 6) is -0.0677. The largest absolute Gasteiger partial charge is 0.472 e. The highest BCUT2D eigenvalue weighted by atomic mass is 79.9. The number of nitrogens with one attached hydrogen (secondary N) is 1. The number of carbonyl (C=O) groups excluding carboxylic acids is 2. The van der Waals surface area contributed by atoms with Crippen LogP contribution in [0.1, 0.15) is 33.6 Å². The summed E-state index contributed by atoms with van der Waals surface area (Å²) >= 11 is 4.85. The lowest BCUT2D eigenvalue weighted by molar-refractivity contribution is 0.0697. The Morgan fingerprint density at radius 2 is 2.09 bits per heavy atom. The number of hydrogen-bond donors (Lipinski definition) is 1. The first kappa shape index (κ1) is 15.3. The maximum Gasteiger partial charge on any atom is 0.257 e. The van der Waals surface area contributed by atoms with Crippen LogP contribution < -0.4 is 5.32 Å². The van der Waals surface area contributed by atoms with Gasteiger partial charge in [-0.05, 0) is 40.9 Å². The van der Waals surface area contributed by atoms with Gasteiger partial charge in [-0.2, -0.15) is 0 Å². The van der Waals surface area contributed by atoms with E-state index in [4.69, 9.17) is 4.42 Å². The summed E-state index contributed by atoms with van der Waals surface area (Å²) in [5.41, 5.74) is 1.25. The molecular formula is C15H15BrN2O3S. The molecule has 22 heavy (non-hydrogen) atoms. The molecule has 0 saturated carbocycles. The number of hydrogen-bond acceptors (Lipinski definition) is 4. The third-order valence-corrected chi connectivity index (χ3v) is 5.22. The van der Waals surface area contributed by atoms with Crippen LogP contribution in [0.5, 0.6) is 0 Å². The maximum absolute atomic E-state index is 12.2. The zero-order chi connectivity index (χ0) is 15.5. The number of halogens is 1. The Balaban J connectivity index is 1.51. The molecule has 3 heterocycles. The van der Waals surface area contributed by atoms with Crippen LogP contribution in [-0.4, -0.2) is 35.8 Å². The second-order valence-corrected chi connectivity index (χ2v) is 7.48. The minimum absolute atomic E-state index is 0.0136. The molecule has 0 unspecified atom stereocenters. The van der Waals surface area contributed by atoms with Crippen LogP contribution in [0, 0.1) is 0 Å². The van der Waals surface area contributed by atoms with E-state index in [9.17, 15) is 9.59 Å². The molecule has 2 amide bonds. The molecule has 0 radical (unpaired) electrons. The van der Waals surface area contributed by atoms with Crippen molar-refractivity contribution >= 4 is 39.1 Å². The predicted molar refractivity (Wildman–Crippen MR) is 87.1 cm³/mol. The number of nitrogens with zero attached hydrogens (tertiary/aromatic N) is 1. The zero-order valence-corrected chi connectivity index (χ0v) is 14.2. The highest BCUT2D eigenvalue weighted by Gasteiger charge is 2.25. The van der Waals surface area contributed by atoms with Crippen molar-refractivity contribution in [3.63, 3.8) is 0 Å². The van der Waals surface area contributed by atoms with Crippen molar-refractivity contribution in [2.24, 2.45) is 0 Å². The lowest BCUT2D eigenvalue weighted by Crippen LogP contribution is -2.46. The summed E-state index contributed by atoms with van der Waals surface area (Å²) in [7, 11) is 0. The van der Waals surface area contributed by atoms with Gasteiger partial charge in [0.2, 0.25) is 0 Å². The molecule has 1 aliphatic rings. The number of furan rings is 1. The first-order valence-electron chi connectivity index (χ1n) is 7.00. The molecule has 0 aliphatic carbocycles. The molecule has 0 bridgehead atoms. The Morgan fingerprint density at radius 3 is 2.68 bits per heavy atom. The average Bonchev–Trinajstić information content (AvgIpc) is 3.18. The molecular weight excluding hydrogens is 368 g/mol. The number of piperidine rings is 1. The average molecular weight is 383 g/mol. The molecule has 116 valence electrons. The number of amides is 2. The summed E-state index contributed by atoms with van der Waals surface area (Å²) < 4.78 is 5.89. The molecule has 1 N–H and O–H groups in total. The molecule has 0 atom stereocenters. The second-order valence-electron chi connectivity index (χ2n) is 5.19. The number of rotatable bonds is 3. The molecule has 2 aromatic heterocycles. The van der Waals surface area contributed by atoms with E-state index in [1.165, 1.54) is 23.9 Å². The summed E-state index contributed by atoms with van der Waals surface area (Å²) in [6.07, 6.45) is 4.49. The second kappa shape index (κ2) is 6.66. The molecule has 1 fully saturated rings. The fourth-order valence-corrected chi connectivity index (χ4v) is 3.63. The van der Waals surface area contributed by atoms with Gasteiger partial charge in [-0.25, -0.2) is 0 Å². The van der Waals surface area contributed by atoms with Crippen molar-refractivity contribution in [3.05, 3.63) is 45.0 Å². The van der Waals surface area contributed by atoms with Gasteiger partial charge in [0, 0.05) is 24.5 Å². The molecule has 3 rings (SSSR count). The van der Waals surface area contributed by atoms with Crippen LogP contribution in [-0.2, 0) is 0 Å². The normalized spacial score (nSPS) is 15.8. The quantitative estimate of drug-likeness (QED) is 0.886. The van der Waals surface area contributed by atoms with E-state index in [2.05, 4.69) is 21.2 Å². The molecule has 1 saturated heterocycles. The van der Waals surface area contributed by atoms with Crippen LogP contribution in [0.2, 0.25) is 0 Å². The van der Waals surface area contributed by atoms with Crippen LogP contribution in [0.15, 0.2) is 38.2 Å². The highest BCUT2D eigenvalue weighted by Crippen LogP contribution is 2.21. The topological polar surface area (TPSA) is 62.6 Å². The van der Waals surface area contributed by atoms with Crippen LogP contribution in [0.25, 0.3) is 0 Å². The Morgan fingerprint density at radius 1 is 1.32 bits per heavy atom. The first-order valence-corrected chi connectivity index (χ1v) is 8.67. The van der Waals surface area contributed by atoms with Gasteiger partial charge in [0.05, 0.1) is 21.2 Å².